The summed E-state index contributed by atoms with van der Waals surface area (Å²) in [5.41, 5.74) is 1.17. The van der Waals surface area contributed by atoms with Gasteiger partial charge in [-0.2, -0.15) is 0 Å². The molecule has 0 saturated carbocycles. The lowest BCUT2D eigenvalue weighted by Crippen LogP contribution is -2.02. The highest BCUT2D eigenvalue weighted by atomic mass is 14.7. The molecule has 1 aliphatic carbocycles. The Hall–Kier alpha value is -0.850. The van der Waals surface area contributed by atoms with Gasteiger partial charge in [0.15, 0.2) is 0 Å². The molecule has 60 valence electrons. The van der Waals surface area contributed by atoms with Gasteiger partial charge in [-0.15, -0.1) is 0 Å². The molecule has 11 heavy (non-hydrogen) atoms. The summed E-state index contributed by atoms with van der Waals surface area (Å²) in [4.78, 5) is 4.38. The van der Waals surface area contributed by atoms with Crippen molar-refractivity contribution in [2.45, 2.75) is 20.3 Å². The minimum atomic E-state index is 0.634. The number of aliphatic imine (C=N–C) groups is 1. The first-order valence-electron chi connectivity index (χ1n) is 4.10. The zero-order valence-electron chi connectivity index (χ0n) is 7.25. The lowest BCUT2D eigenvalue weighted by Gasteiger charge is -2.09. The van der Waals surface area contributed by atoms with Crippen LogP contribution in [0.25, 0.3) is 0 Å². The summed E-state index contributed by atoms with van der Waals surface area (Å²) in [5.74, 6) is 0.634. The molecule has 0 bridgehead atoms. The van der Waals surface area contributed by atoms with Crippen LogP contribution in [-0.2, 0) is 0 Å². The van der Waals surface area contributed by atoms with Gasteiger partial charge in [0.2, 0.25) is 0 Å². The Labute approximate surface area is 68.5 Å². The molecule has 1 unspecified atom stereocenters. The Morgan fingerprint density at radius 3 is 2.82 bits per heavy atom. The molecule has 0 spiro atoms. The van der Waals surface area contributed by atoms with Crippen molar-refractivity contribution in [2.75, 3.05) is 6.54 Å². The van der Waals surface area contributed by atoms with Gasteiger partial charge in [-0.05, 0) is 20.3 Å². The van der Waals surface area contributed by atoms with Gasteiger partial charge in [0.1, 0.15) is 0 Å². The molecule has 0 N–H and O–H groups in total. The van der Waals surface area contributed by atoms with E-state index in [2.05, 4.69) is 29.3 Å². The number of rotatable bonds is 2. The smallest absolute Gasteiger partial charge is 0.0454 e. The quantitative estimate of drug-likeness (QED) is 0.535. The van der Waals surface area contributed by atoms with E-state index < -0.39 is 0 Å². The van der Waals surface area contributed by atoms with Crippen molar-refractivity contribution in [2.24, 2.45) is 10.9 Å². The fourth-order valence-electron chi connectivity index (χ4n) is 1.07. The summed E-state index contributed by atoms with van der Waals surface area (Å²) < 4.78 is 0. The van der Waals surface area contributed by atoms with Crippen molar-refractivity contribution >= 4 is 5.71 Å². The van der Waals surface area contributed by atoms with Gasteiger partial charge in [0, 0.05) is 18.2 Å². The summed E-state index contributed by atoms with van der Waals surface area (Å²) in [6, 6.07) is 0. The summed E-state index contributed by atoms with van der Waals surface area (Å²) in [5, 5.41) is 0. The molecular weight excluding hydrogens is 134 g/mol. The maximum atomic E-state index is 4.38. The van der Waals surface area contributed by atoms with Crippen molar-refractivity contribution in [3.63, 3.8) is 0 Å². The van der Waals surface area contributed by atoms with Gasteiger partial charge < -0.3 is 0 Å². The molecule has 1 nitrogen and oxygen atoms in total. The van der Waals surface area contributed by atoms with Crippen LogP contribution in [0, 0.1) is 5.92 Å². The average Bonchev–Trinajstić information content (AvgIpc) is 2.03. The molecule has 0 heterocycles. The summed E-state index contributed by atoms with van der Waals surface area (Å²) in [6.07, 6.45) is 9.78. The first kappa shape index (κ1) is 8.25. The standard InChI is InChI=1S/C10H15N/c1-9(2)11-8-10-6-4-3-5-7-10/h3-6,10H,7-8H2,1-2H3. The van der Waals surface area contributed by atoms with Gasteiger partial charge >= 0.3 is 0 Å². The van der Waals surface area contributed by atoms with Crippen LogP contribution in [0.3, 0.4) is 0 Å². The van der Waals surface area contributed by atoms with Crippen LogP contribution in [0.5, 0.6) is 0 Å². The predicted molar refractivity (Wildman–Crippen MR) is 50.0 cm³/mol. The molecule has 0 aromatic heterocycles. The monoisotopic (exact) mass is 149 g/mol. The first-order chi connectivity index (χ1) is 5.29. The Balaban J connectivity index is 2.33. The molecule has 1 aliphatic rings. The lowest BCUT2D eigenvalue weighted by atomic mass is 10.0. The maximum Gasteiger partial charge on any atom is 0.0454 e. The number of allylic oxidation sites excluding steroid dienone is 3. The van der Waals surface area contributed by atoms with Crippen molar-refractivity contribution in [1.82, 2.24) is 0 Å². The van der Waals surface area contributed by atoms with E-state index in [0.29, 0.717) is 5.92 Å². The van der Waals surface area contributed by atoms with E-state index >= 15 is 0 Å². The van der Waals surface area contributed by atoms with Crippen molar-refractivity contribution in [3.05, 3.63) is 24.3 Å². The van der Waals surface area contributed by atoms with E-state index in [1.807, 2.05) is 13.8 Å². The minimum absolute atomic E-state index is 0.634. The summed E-state index contributed by atoms with van der Waals surface area (Å²) in [7, 11) is 0. The van der Waals surface area contributed by atoms with Gasteiger partial charge in [0.05, 0.1) is 0 Å². The third-order valence-electron chi connectivity index (χ3n) is 1.71. The zero-order valence-corrected chi connectivity index (χ0v) is 7.25. The lowest BCUT2D eigenvalue weighted by molar-refractivity contribution is 0.670. The molecule has 0 aromatic rings. The summed E-state index contributed by atoms with van der Waals surface area (Å²) in [6.45, 7) is 5.04. The fourth-order valence-corrected chi connectivity index (χ4v) is 1.07. The zero-order chi connectivity index (χ0) is 8.10. The Bertz CT molecular complexity index is 195. The Morgan fingerprint density at radius 2 is 2.27 bits per heavy atom. The highest BCUT2D eigenvalue weighted by Gasteiger charge is 2.02. The molecule has 0 fully saturated rings. The van der Waals surface area contributed by atoms with Crippen molar-refractivity contribution in [3.8, 4) is 0 Å². The van der Waals surface area contributed by atoms with E-state index in [4.69, 9.17) is 0 Å². The van der Waals surface area contributed by atoms with E-state index in [1.54, 1.807) is 0 Å². The van der Waals surface area contributed by atoms with Crippen LogP contribution in [0.15, 0.2) is 29.3 Å². The van der Waals surface area contributed by atoms with Crippen LogP contribution in [-0.4, -0.2) is 12.3 Å². The normalized spacial score (nSPS) is 21.8. The van der Waals surface area contributed by atoms with Gasteiger partial charge in [-0.25, -0.2) is 0 Å². The van der Waals surface area contributed by atoms with Gasteiger partial charge in [0.25, 0.3) is 0 Å². The van der Waals surface area contributed by atoms with Crippen LogP contribution in [0.2, 0.25) is 0 Å². The molecule has 0 saturated heterocycles. The second-order valence-corrected chi connectivity index (χ2v) is 3.10. The molecule has 1 heteroatoms. The maximum absolute atomic E-state index is 4.38. The van der Waals surface area contributed by atoms with E-state index in [9.17, 15) is 0 Å². The largest absolute Gasteiger partial charge is 0.294 e. The van der Waals surface area contributed by atoms with E-state index in [-0.39, 0.29) is 0 Å². The summed E-state index contributed by atoms with van der Waals surface area (Å²) >= 11 is 0. The molecule has 1 atom stereocenters. The Morgan fingerprint density at radius 1 is 1.45 bits per heavy atom. The predicted octanol–water partition coefficient (Wildman–Crippen LogP) is 2.60. The Kier molecular flexibility index (Phi) is 3.09. The van der Waals surface area contributed by atoms with Crippen molar-refractivity contribution < 1.29 is 0 Å². The van der Waals surface area contributed by atoms with Gasteiger partial charge in [-0.1, -0.05) is 24.3 Å². The van der Waals surface area contributed by atoms with Crippen LogP contribution in [0.4, 0.5) is 0 Å². The molecule has 0 aromatic carbocycles. The average molecular weight is 149 g/mol. The minimum Gasteiger partial charge on any atom is -0.294 e. The van der Waals surface area contributed by atoms with Crippen LogP contribution < -0.4 is 0 Å². The van der Waals surface area contributed by atoms with Crippen molar-refractivity contribution in [1.29, 1.82) is 0 Å². The number of nitrogens with zero attached hydrogens (tertiary/aromatic N) is 1. The molecule has 1 rings (SSSR count). The topological polar surface area (TPSA) is 12.4 Å². The van der Waals surface area contributed by atoms with Crippen LogP contribution >= 0.6 is 0 Å². The van der Waals surface area contributed by atoms with Crippen LogP contribution in [0.1, 0.15) is 20.3 Å². The second kappa shape index (κ2) is 4.12. The SMILES string of the molecule is CC(C)=NCC1C=CC=CC1. The third-order valence-corrected chi connectivity index (χ3v) is 1.71. The van der Waals surface area contributed by atoms with E-state index in [1.165, 1.54) is 5.71 Å². The molecular formula is C10H15N. The third kappa shape index (κ3) is 3.17. The number of hydrogen-bond acceptors (Lipinski definition) is 1. The number of hydrogen-bond donors (Lipinski definition) is 0. The molecule has 0 amide bonds. The van der Waals surface area contributed by atoms with E-state index in [0.717, 1.165) is 13.0 Å². The fraction of sp³-hybridized carbons (Fsp3) is 0.500. The molecule has 0 aliphatic heterocycles. The first-order valence-corrected chi connectivity index (χ1v) is 4.10. The molecule has 0 radical (unpaired) electrons. The highest BCUT2D eigenvalue weighted by molar-refractivity contribution is 5.79. The second-order valence-electron chi connectivity index (χ2n) is 3.10. The van der Waals surface area contributed by atoms with Gasteiger partial charge in [-0.3, -0.25) is 4.99 Å². The highest BCUT2D eigenvalue weighted by Crippen LogP contribution is 2.11.